The van der Waals surface area contributed by atoms with Gasteiger partial charge in [-0.15, -0.1) is 11.3 Å². The monoisotopic (exact) mass is 424 g/mol. The van der Waals surface area contributed by atoms with Crippen molar-refractivity contribution < 1.29 is 28.8 Å². The molecule has 0 saturated carbocycles. The number of carbonyl (C=O) groups is 1. The Morgan fingerprint density at radius 1 is 1.03 bits per heavy atom. The number of ether oxygens (including phenoxy) is 4. The smallest absolute Gasteiger partial charge is 0.258 e. The number of rotatable bonds is 14. The van der Waals surface area contributed by atoms with Crippen LogP contribution in [0.3, 0.4) is 0 Å². The van der Waals surface area contributed by atoms with Gasteiger partial charge in [0.05, 0.1) is 6.61 Å². The third kappa shape index (κ3) is 9.62. The van der Waals surface area contributed by atoms with Gasteiger partial charge in [-0.2, -0.15) is 0 Å². The van der Waals surface area contributed by atoms with E-state index in [2.05, 4.69) is 10.6 Å². The van der Waals surface area contributed by atoms with Crippen LogP contribution in [0.5, 0.6) is 17.2 Å². The van der Waals surface area contributed by atoms with Crippen LogP contribution >= 0.6 is 11.3 Å². The maximum atomic E-state index is 11.6. The van der Waals surface area contributed by atoms with Gasteiger partial charge in [0, 0.05) is 25.6 Å². The van der Waals surface area contributed by atoms with Gasteiger partial charge in [-0.1, -0.05) is 0 Å². The van der Waals surface area contributed by atoms with Gasteiger partial charge in [-0.25, -0.2) is 0 Å². The zero-order valence-corrected chi connectivity index (χ0v) is 17.5. The predicted molar refractivity (Wildman–Crippen MR) is 111 cm³/mol. The van der Waals surface area contributed by atoms with Gasteiger partial charge in [0.25, 0.3) is 5.91 Å². The van der Waals surface area contributed by atoms with Crippen LogP contribution < -0.4 is 24.8 Å². The molecule has 1 heterocycles. The van der Waals surface area contributed by atoms with Crippen LogP contribution in [0.1, 0.15) is 6.92 Å². The Balaban J connectivity index is 1.61. The molecule has 0 saturated heterocycles. The molecule has 0 aliphatic rings. The van der Waals surface area contributed by atoms with Crippen molar-refractivity contribution in [1.29, 1.82) is 0 Å². The van der Waals surface area contributed by atoms with Crippen molar-refractivity contribution in [3.8, 4) is 17.2 Å². The van der Waals surface area contributed by atoms with E-state index in [0.29, 0.717) is 37.8 Å². The molecule has 0 aliphatic heterocycles. The van der Waals surface area contributed by atoms with Gasteiger partial charge < -0.3 is 29.4 Å². The summed E-state index contributed by atoms with van der Waals surface area (Å²) in [6.45, 7) is 3.45. The van der Waals surface area contributed by atoms with Crippen LogP contribution in [0.2, 0.25) is 0 Å². The lowest BCUT2D eigenvalue weighted by Gasteiger charge is -2.24. The molecule has 160 valence electrons. The predicted octanol–water partition coefficient (Wildman–Crippen LogP) is 1.65. The average molecular weight is 425 g/mol. The molecule has 0 radical (unpaired) electrons. The summed E-state index contributed by atoms with van der Waals surface area (Å²) in [5, 5.41) is 19.7. The highest BCUT2D eigenvalue weighted by atomic mass is 32.1. The van der Waals surface area contributed by atoms with Gasteiger partial charge in [0.15, 0.2) is 6.61 Å². The second kappa shape index (κ2) is 12.3. The minimum Gasteiger partial charge on any atom is -0.492 e. The molecular weight excluding hydrogens is 396 g/mol. The van der Waals surface area contributed by atoms with Crippen molar-refractivity contribution in [1.82, 2.24) is 10.6 Å². The largest absolute Gasteiger partial charge is 0.492 e. The highest BCUT2D eigenvalue weighted by Crippen LogP contribution is 2.18. The molecule has 0 bridgehead atoms. The third-order valence-electron chi connectivity index (χ3n) is 3.71. The van der Waals surface area contributed by atoms with Crippen LogP contribution in [0.15, 0.2) is 41.1 Å². The van der Waals surface area contributed by atoms with Gasteiger partial charge >= 0.3 is 0 Å². The number of thiophene rings is 1. The van der Waals surface area contributed by atoms with Crippen LogP contribution in [-0.2, 0) is 9.53 Å². The zero-order valence-electron chi connectivity index (χ0n) is 16.7. The zero-order chi connectivity index (χ0) is 21.0. The van der Waals surface area contributed by atoms with Crippen molar-refractivity contribution in [2.75, 3.05) is 46.6 Å². The lowest BCUT2D eigenvalue weighted by Crippen LogP contribution is -2.48. The second-order valence-electron chi connectivity index (χ2n) is 6.40. The van der Waals surface area contributed by atoms with E-state index in [9.17, 15) is 9.90 Å². The molecule has 1 amide bonds. The molecule has 29 heavy (non-hydrogen) atoms. The lowest BCUT2D eigenvalue weighted by molar-refractivity contribution is -0.123. The Labute approximate surface area is 174 Å². The van der Waals surface area contributed by atoms with E-state index < -0.39 is 5.72 Å². The Morgan fingerprint density at radius 3 is 2.41 bits per heavy atom. The van der Waals surface area contributed by atoms with Gasteiger partial charge in [0.1, 0.15) is 36.2 Å². The summed E-state index contributed by atoms with van der Waals surface area (Å²) in [5.41, 5.74) is -1.16. The van der Waals surface area contributed by atoms with E-state index >= 15 is 0 Å². The summed E-state index contributed by atoms with van der Waals surface area (Å²) in [4.78, 5) is 11.6. The van der Waals surface area contributed by atoms with Gasteiger partial charge in [0.2, 0.25) is 0 Å². The Morgan fingerprint density at radius 2 is 1.76 bits per heavy atom. The topological polar surface area (TPSA) is 98.3 Å². The first kappa shape index (κ1) is 23.0. The van der Waals surface area contributed by atoms with E-state index in [-0.39, 0.29) is 19.1 Å². The first-order chi connectivity index (χ1) is 14.0. The Bertz CT molecular complexity index is 706. The van der Waals surface area contributed by atoms with Gasteiger partial charge in [-0.3, -0.25) is 10.1 Å². The highest BCUT2D eigenvalue weighted by Gasteiger charge is 2.20. The Kier molecular flexibility index (Phi) is 9.72. The number of methoxy groups -OCH3 is 1. The summed E-state index contributed by atoms with van der Waals surface area (Å²) in [6, 6.07) is 8.84. The van der Waals surface area contributed by atoms with E-state index in [1.165, 1.54) is 11.3 Å². The van der Waals surface area contributed by atoms with Crippen molar-refractivity contribution in [2.24, 2.45) is 0 Å². The number of nitrogens with one attached hydrogen (secondary N) is 2. The molecule has 9 heteroatoms. The SMILES string of the molecule is COCCNC(=O)COc1ccc(OCCNC(C)(O)COc2ccsc2)cc1. The maximum absolute atomic E-state index is 11.6. The molecule has 1 atom stereocenters. The molecule has 0 aliphatic carbocycles. The molecule has 3 N–H and O–H groups in total. The first-order valence-electron chi connectivity index (χ1n) is 9.22. The van der Waals surface area contributed by atoms with Crippen LogP contribution in [0.25, 0.3) is 0 Å². The molecule has 1 unspecified atom stereocenters. The fourth-order valence-electron chi connectivity index (χ4n) is 2.22. The minimum absolute atomic E-state index is 0.0592. The average Bonchev–Trinajstić information content (AvgIpc) is 3.23. The van der Waals surface area contributed by atoms with E-state index in [1.54, 1.807) is 38.3 Å². The lowest BCUT2D eigenvalue weighted by atomic mass is 10.3. The molecule has 2 rings (SSSR count). The number of aliphatic hydroxyl groups is 1. The highest BCUT2D eigenvalue weighted by molar-refractivity contribution is 7.08. The quantitative estimate of drug-likeness (QED) is 0.313. The van der Waals surface area contributed by atoms with Crippen molar-refractivity contribution >= 4 is 17.2 Å². The number of amides is 1. The molecule has 1 aromatic carbocycles. The molecule has 8 nitrogen and oxygen atoms in total. The maximum Gasteiger partial charge on any atom is 0.258 e. The summed E-state index contributed by atoms with van der Waals surface area (Å²) >= 11 is 1.54. The molecular formula is C20H28N2O6S. The van der Waals surface area contributed by atoms with Crippen molar-refractivity contribution in [3.63, 3.8) is 0 Å². The molecule has 1 aromatic heterocycles. The number of hydrogen-bond donors (Lipinski definition) is 3. The second-order valence-corrected chi connectivity index (χ2v) is 7.18. The third-order valence-corrected chi connectivity index (χ3v) is 4.38. The van der Waals surface area contributed by atoms with E-state index in [4.69, 9.17) is 18.9 Å². The standard InChI is InChI=1S/C20H28N2O6S/c1-20(24,15-28-18-7-12-29-14-18)22-9-11-26-16-3-5-17(6-4-16)27-13-19(23)21-8-10-25-2/h3-7,12,14,22,24H,8-11,13,15H2,1-2H3,(H,21,23). The molecule has 0 spiro atoms. The van der Waals surface area contributed by atoms with Crippen molar-refractivity contribution in [2.45, 2.75) is 12.6 Å². The fraction of sp³-hybridized carbons (Fsp3) is 0.450. The van der Waals surface area contributed by atoms with Gasteiger partial charge in [-0.05, 0) is 42.6 Å². The van der Waals surface area contributed by atoms with Crippen LogP contribution in [-0.4, -0.2) is 63.4 Å². The number of benzene rings is 1. The summed E-state index contributed by atoms with van der Waals surface area (Å²) in [7, 11) is 1.57. The van der Waals surface area contributed by atoms with E-state index in [0.717, 1.165) is 5.75 Å². The molecule has 0 fully saturated rings. The summed E-state index contributed by atoms with van der Waals surface area (Å²) < 4.78 is 21.4. The van der Waals surface area contributed by atoms with Crippen LogP contribution in [0.4, 0.5) is 0 Å². The number of hydrogen-bond acceptors (Lipinski definition) is 8. The summed E-state index contributed by atoms with van der Waals surface area (Å²) in [5.74, 6) is 1.77. The number of carbonyl (C=O) groups excluding carboxylic acids is 1. The molecule has 2 aromatic rings. The van der Waals surface area contributed by atoms with Crippen LogP contribution in [0, 0.1) is 0 Å². The Hall–Kier alpha value is -2.33. The fourth-order valence-corrected chi connectivity index (χ4v) is 2.79. The first-order valence-corrected chi connectivity index (χ1v) is 10.2. The normalized spacial score (nSPS) is 12.8. The van der Waals surface area contributed by atoms with E-state index in [1.807, 2.05) is 16.8 Å². The summed E-state index contributed by atoms with van der Waals surface area (Å²) in [6.07, 6.45) is 0. The van der Waals surface area contributed by atoms with Crippen molar-refractivity contribution in [3.05, 3.63) is 41.1 Å². The minimum atomic E-state index is -1.16.